The van der Waals surface area contributed by atoms with Crippen LogP contribution in [0.15, 0.2) is 23.4 Å². The van der Waals surface area contributed by atoms with Gasteiger partial charge in [-0.1, -0.05) is 0 Å². The number of nitrogens with zero attached hydrogens (tertiary/aromatic N) is 2. The zero-order valence-corrected chi connectivity index (χ0v) is 10.6. The van der Waals surface area contributed by atoms with Crippen LogP contribution >= 0.6 is 0 Å². The van der Waals surface area contributed by atoms with Gasteiger partial charge in [0.05, 0.1) is 5.56 Å². The number of hydrogen-bond acceptors (Lipinski definition) is 5. The van der Waals surface area contributed by atoms with Gasteiger partial charge in [0.1, 0.15) is 6.07 Å². The van der Waals surface area contributed by atoms with E-state index >= 15 is 0 Å². The highest BCUT2D eigenvalue weighted by Crippen LogP contribution is 2.13. The van der Waals surface area contributed by atoms with Crippen LogP contribution in [0.4, 0.5) is 0 Å². The fraction of sp³-hybridized carbons (Fsp3) is 0.455. The van der Waals surface area contributed by atoms with E-state index in [1.54, 1.807) is 6.07 Å². The average Bonchev–Trinajstić information content (AvgIpc) is 2.39. The van der Waals surface area contributed by atoms with Crippen molar-refractivity contribution >= 4 is 10.0 Å². The number of nitriles is 1. The summed E-state index contributed by atoms with van der Waals surface area (Å²) < 4.78 is 26.8. The predicted molar refractivity (Wildman–Crippen MR) is 65.2 cm³/mol. The van der Waals surface area contributed by atoms with Crippen LogP contribution in [-0.2, 0) is 10.0 Å². The molecule has 0 spiro atoms. The van der Waals surface area contributed by atoms with Gasteiger partial charge in [-0.2, -0.15) is 5.26 Å². The third-order valence-electron chi connectivity index (χ3n) is 2.76. The lowest BCUT2D eigenvalue weighted by Crippen LogP contribution is -2.45. The molecule has 0 aromatic carbocycles. The van der Waals surface area contributed by atoms with Gasteiger partial charge >= 0.3 is 0 Å². The molecule has 0 saturated carbocycles. The van der Waals surface area contributed by atoms with Crippen LogP contribution in [0.2, 0.25) is 0 Å². The summed E-state index contributed by atoms with van der Waals surface area (Å²) in [5, 5.41) is 11.8. The Labute approximate surface area is 106 Å². The number of aromatic nitrogens is 1. The second-order valence-electron chi connectivity index (χ2n) is 4.13. The van der Waals surface area contributed by atoms with Gasteiger partial charge in [0.25, 0.3) is 10.0 Å². The Bertz CT molecular complexity index is 559. The molecule has 1 aliphatic heterocycles. The molecule has 0 bridgehead atoms. The van der Waals surface area contributed by atoms with Crippen LogP contribution < -0.4 is 10.0 Å². The zero-order chi connectivity index (χ0) is 13.0. The molecule has 2 rings (SSSR count). The van der Waals surface area contributed by atoms with E-state index in [-0.39, 0.29) is 16.6 Å². The lowest BCUT2D eigenvalue weighted by molar-refractivity contribution is 0.428. The van der Waals surface area contributed by atoms with E-state index in [4.69, 9.17) is 5.26 Å². The van der Waals surface area contributed by atoms with E-state index in [1.807, 2.05) is 6.07 Å². The Kier molecular flexibility index (Phi) is 3.91. The van der Waals surface area contributed by atoms with Gasteiger partial charge in [-0.25, -0.2) is 18.1 Å². The third-order valence-corrected chi connectivity index (χ3v) is 4.24. The van der Waals surface area contributed by atoms with Gasteiger partial charge in [-0.3, -0.25) is 0 Å². The molecule has 2 heterocycles. The van der Waals surface area contributed by atoms with Gasteiger partial charge in [0, 0.05) is 18.8 Å². The molecule has 7 heteroatoms. The summed E-state index contributed by atoms with van der Waals surface area (Å²) >= 11 is 0. The molecule has 1 atom stereocenters. The maximum absolute atomic E-state index is 12.1. The van der Waals surface area contributed by atoms with Crippen molar-refractivity contribution in [3.63, 3.8) is 0 Å². The topological polar surface area (TPSA) is 94.9 Å². The first-order valence-electron chi connectivity index (χ1n) is 5.71. The fourth-order valence-corrected chi connectivity index (χ4v) is 3.27. The van der Waals surface area contributed by atoms with Gasteiger partial charge in [0.2, 0.25) is 0 Å². The highest BCUT2D eigenvalue weighted by atomic mass is 32.2. The smallest absolute Gasteiger partial charge is 0.259 e. The molecule has 1 aromatic rings. The lowest BCUT2D eigenvalue weighted by atomic mass is 10.1. The zero-order valence-electron chi connectivity index (χ0n) is 9.76. The number of hydrogen-bond donors (Lipinski definition) is 2. The summed E-state index contributed by atoms with van der Waals surface area (Å²) in [5.74, 6) is 0. The Balaban J connectivity index is 2.22. The minimum Gasteiger partial charge on any atom is -0.315 e. The summed E-state index contributed by atoms with van der Waals surface area (Å²) in [5.41, 5.74) is 0.0637. The summed E-state index contributed by atoms with van der Waals surface area (Å²) in [6.45, 7) is 1.51. The Morgan fingerprint density at radius 3 is 3.06 bits per heavy atom. The van der Waals surface area contributed by atoms with Crippen LogP contribution in [0.5, 0.6) is 0 Å². The molecule has 0 unspecified atom stereocenters. The monoisotopic (exact) mass is 266 g/mol. The lowest BCUT2D eigenvalue weighted by Gasteiger charge is -2.23. The molecule has 0 amide bonds. The van der Waals surface area contributed by atoms with Crippen molar-refractivity contribution in [2.75, 3.05) is 13.1 Å². The maximum Gasteiger partial charge on any atom is 0.259 e. The molecule has 1 aliphatic rings. The summed E-state index contributed by atoms with van der Waals surface area (Å²) in [4.78, 5) is 3.79. The van der Waals surface area contributed by atoms with Gasteiger partial charge in [0.15, 0.2) is 5.03 Å². The molecule has 1 saturated heterocycles. The fourth-order valence-electron chi connectivity index (χ4n) is 1.92. The number of piperidine rings is 1. The largest absolute Gasteiger partial charge is 0.315 e. The van der Waals surface area contributed by atoms with Crippen molar-refractivity contribution in [1.29, 1.82) is 5.26 Å². The molecule has 0 aliphatic carbocycles. The standard InChI is InChI=1S/C11H14N4O2S/c12-7-9-3-1-6-14-11(9)18(16,17)15-10-4-2-5-13-8-10/h1,3,6,10,13,15H,2,4-5,8H2/t10-/m0/s1. The highest BCUT2D eigenvalue weighted by Gasteiger charge is 2.24. The first-order valence-corrected chi connectivity index (χ1v) is 7.20. The number of sulfonamides is 1. The van der Waals surface area contributed by atoms with Crippen LogP contribution in [0.1, 0.15) is 18.4 Å². The van der Waals surface area contributed by atoms with E-state index in [1.165, 1.54) is 12.3 Å². The second-order valence-corrected chi connectivity index (χ2v) is 5.76. The molecule has 96 valence electrons. The van der Waals surface area contributed by atoms with Crippen LogP contribution in [0.3, 0.4) is 0 Å². The van der Waals surface area contributed by atoms with Gasteiger partial charge in [-0.15, -0.1) is 0 Å². The Hall–Kier alpha value is -1.49. The minimum atomic E-state index is -3.73. The van der Waals surface area contributed by atoms with Gasteiger partial charge in [-0.05, 0) is 31.5 Å². The SMILES string of the molecule is N#Cc1cccnc1S(=O)(=O)N[C@H]1CCCNC1. The van der Waals surface area contributed by atoms with E-state index in [9.17, 15) is 8.42 Å². The van der Waals surface area contributed by atoms with Crippen LogP contribution in [0.25, 0.3) is 0 Å². The molecule has 6 nitrogen and oxygen atoms in total. The van der Waals surface area contributed by atoms with Crippen molar-refractivity contribution in [2.45, 2.75) is 23.9 Å². The van der Waals surface area contributed by atoms with E-state index in [0.717, 1.165) is 19.4 Å². The van der Waals surface area contributed by atoms with Crippen LogP contribution in [0, 0.1) is 11.3 Å². The van der Waals surface area contributed by atoms with E-state index in [0.29, 0.717) is 6.54 Å². The van der Waals surface area contributed by atoms with Gasteiger partial charge < -0.3 is 5.32 Å². The second kappa shape index (κ2) is 5.44. The van der Waals surface area contributed by atoms with Crippen molar-refractivity contribution in [2.24, 2.45) is 0 Å². The quantitative estimate of drug-likeness (QED) is 0.802. The molecule has 0 radical (unpaired) electrons. The van der Waals surface area contributed by atoms with Crippen molar-refractivity contribution < 1.29 is 8.42 Å². The van der Waals surface area contributed by atoms with Crippen molar-refractivity contribution in [3.05, 3.63) is 23.9 Å². The number of pyridine rings is 1. The first-order chi connectivity index (χ1) is 8.63. The number of nitrogens with one attached hydrogen (secondary N) is 2. The highest BCUT2D eigenvalue weighted by molar-refractivity contribution is 7.89. The normalized spacial score (nSPS) is 20.3. The molecule has 18 heavy (non-hydrogen) atoms. The first kappa shape index (κ1) is 13.0. The Morgan fingerprint density at radius 1 is 1.56 bits per heavy atom. The third kappa shape index (κ3) is 2.85. The van der Waals surface area contributed by atoms with Crippen molar-refractivity contribution in [3.8, 4) is 6.07 Å². The van der Waals surface area contributed by atoms with Crippen molar-refractivity contribution in [1.82, 2.24) is 15.0 Å². The summed E-state index contributed by atoms with van der Waals surface area (Å²) in [7, 11) is -3.73. The summed E-state index contributed by atoms with van der Waals surface area (Å²) in [6.07, 6.45) is 3.09. The minimum absolute atomic E-state index is 0.0637. The predicted octanol–water partition coefficient (Wildman–Crippen LogP) is -0.0164. The van der Waals surface area contributed by atoms with E-state index < -0.39 is 10.0 Å². The van der Waals surface area contributed by atoms with Crippen LogP contribution in [-0.4, -0.2) is 32.5 Å². The Morgan fingerprint density at radius 2 is 2.39 bits per heavy atom. The summed E-state index contributed by atoms with van der Waals surface area (Å²) in [6, 6.07) is 4.69. The van der Waals surface area contributed by atoms with E-state index in [2.05, 4.69) is 15.0 Å². The molecule has 1 fully saturated rings. The number of rotatable bonds is 3. The average molecular weight is 266 g/mol. The molecular formula is C11H14N4O2S. The maximum atomic E-state index is 12.1. The molecule has 1 aromatic heterocycles. The molecular weight excluding hydrogens is 252 g/mol. The molecule has 2 N–H and O–H groups in total.